The van der Waals surface area contributed by atoms with E-state index < -0.39 is 0 Å². The van der Waals surface area contributed by atoms with Gasteiger partial charge in [-0.1, -0.05) is 29.9 Å². The SMILES string of the molecule is CC1(CNc2nc3ccc(Cl)cc3s2)CC1. The molecule has 2 aromatic rings. The van der Waals surface area contributed by atoms with Crippen LogP contribution in [0.3, 0.4) is 0 Å². The summed E-state index contributed by atoms with van der Waals surface area (Å²) in [5.41, 5.74) is 1.54. The zero-order chi connectivity index (χ0) is 11.2. The number of thiazole rings is 1. The van der Waals surface area contributed by atoms with Gasteiger partial charge in [0, 0.05) is 11.6 Å². The highest BCUT2D eigenvalue weighted by atomic mass is 35.5. The summed E-state index contributed by atoms with van der Waals surface area (Å²) in [7, 11) is 0. The molecule has 4 heteroatoms. The minimum atomic E-state index is 0.509. The van der Waals surface area contributed by atoms with E-state index in [1.54, 1.807) is 11.3 Å². The second-order valence-electron chi connectivity index (χ2n) is 4.80. The zero-order valence-corrected chi connectivity index (χ0v) is 10.7. The summed E-state index contributed by atoms with van der Waals surface area (Å²) in [6, 6.07) is 5.83. The Labute approximate surface area is 104 Å². The van der Waals surface area contributed by atoms with Gasteiger partial charge in [-0.15, -0.1) is 0 Å². The molecule has 0 atom stereocenters. The van der Waals surface area contributed by atoms with Gasteiger partial charge < -0.3 is 5.32 Å². The maximum Gasteiger partial charge on any atom is 0.183 e. The summed E-state index contributed by atoms with van der Waals surface area (Å²) in [6.45, 7) is 3.34. The maximum absolute atomic E-state index is 5.95. The fourth-order valence-corrected chi connectivity index (χ4v) is 2.79. The summed E-state index contributed by atoms with van der Waals surface area (Å²) in [5.74, 6) is 0. The van der Waals surface area contributed by atoms with Gasteiger partial charge in [0.25, 0.3) is 0 Å². The van der Waals surface area contributed by atoms with E-state index in [1.807, 2.05) is 18.2 Å². The Morgan fingerprint density at radius 2 is 2.31 bits per heavy atom. The van der Waals surface area contributed by atoms with Crippen molar-refractivity contribution in [2.75, 3.05) is 11.9 Å². The largest absolute Gasteiger partial charge is 0.361 e. The minimum Gasteiger partial charge on any atom is -0.361 e. The summed E-state index contributed by atoms with van der Waals surface area (Å²) >= 11 is 7.62. The topological polar surface area (TPSA) is 24.9 Å². The molecule has 1 aromatic heterocycles. The Hall–Kier alpha value is -0.800. The molecule has 1 heterocycles. The van der Waals surface area contributed by atoms with Gasteiger partial charge in [0.15, 0.2) is 5.13 Å². The fraction of sp³-hybridized carbons (Fsp3) is 0.417. The highest BCUT2D eigenvalue weighted by Gasteiger charge is 2.36. The number of benzene rings is 1. The lowest BCUT2D eigenvalue weighted by atomic mass is 10.1. The maximum atomic E-state index is 5.95. The molecule has 0 aliphatic heterocycles. The van der Waals surface area contributed by atoms with Crippen LogP contribution in [0.4, 0.5) is 5.13 Å². The second-order valence-corrected chi connectivity index (χ2v) is 6.26. The highest BCUT2D eigenvalue weighted by Crippen LogP contribution is 2.45. The summed E-state index contributed by atoms with van der Waals surface area (Å²) in [4.78, 5) is 4.53. The van der Waals surface area contributed by atoms with E-state index in [1.165, 1.54) is 12.8 Å². The third kappa shape index (κ3) is 2.02. The normalized spacial score (nSPS) is 17.6. The fourth-order valence-electron chi connectivity index (χ4n) is 1.65. The molecule has 1 aromatic carbocycles. The Kier molecular flexibility index (Phi) is 2.33. The van der Waals surface area contributed by atoms with Crippen LogP contribution in [0.2, 0.25) is 5.02 Å². The van der Waals surface area contributed by atoms with Crippen molar-refractivity contribution in [1.82, 2.24) is 4.98 Å². The molecule has 0 amide bonds. The van der Waals surface area contributed by atoms with Gasteiger partial charge in [0.1, 0.15) is 0 Å². The molecule has 0 spiro atoms. The van der Waals surface area contributed by atoms with E-state index in [9.17, 15) is 0 Å². The lowest BCUT2D eigenvalue weighted by Gasteiger charge is -2.07. The van der Waals surface area contributed by atoms with Crippen molar-refractivity contribution in [3.8, 4) is 0 Å². The quantitative estimate of drug-likeness (QED) is 0.887. The van der Waals surface area contributed by atoms with Crippen LogP contribution >= 0.6 is 22.9 Å². The zero-order valence-electron chi connectivity index (χ0n) is 9.09. The van der Waals surface area contributed by atoms with E-state index in [2.05, 4.69) is 17.2 Å². The first-order valence-corrected chi connectivity index (χ1v) is 6.64. The number of nitrogens with zero attached hydrogens (tertiary/aromatic N) is 1. The van der Waals surface area contributed by atoms with E-state index in [0.717, 1.165) is 26.9 Å². The van der Waals surface area contributed by atoms with Crippen LogP contribution in [0, 0.1) is 5.41 Å². The number of fused-ring (bicyclic) bond motifs is 1. The number of nitrogens with one attached hydrogen (secondary N) is 1. The molecular formula is C12H13ClN2S. The van der Waals surface area contributed by atoms with Crippen LogP contribution in [0.1, 0.15) is 19.8 Å². The summed E-state index contributed by atoms with van der Waals surface area (Å²) in [6.07, 6.45) is 2.66. The average Bonchev–Trinajstić information content (AvgIpc) is 2.85. The molecule has 2 nitrogen and oxygen atoms in total. The van der Waals surface area contributed by atoms with E-state index in [0.29, 0.717) is 5.41 Å². The molecule has 3 rings (SSSR count). The molecule has 1 N–H and O–H groups in total. The number of rotatable bonds is 3. The Balaban J connectivity index is 1.82. The van der Waals surface area contributed by atoms with Gasteiger partial charge in [0.05, 0.1) is 10.2 Å². The predicted molar refractivity (Wildman–Crippen MR) is 70.5 cm³/mol. The van der Waals surface area contributed by atoms with Crippen LogP contribution in [-0.4, -0.2) is 11.5 Å². The van der Waals surface area contributed by atoms with E-state index in [-0.39, 0.29) is 0 Å². The monoisotopic (exact) mass is 252 g/mol. The molecule has 1 saturated carbocycles. The van der Waals surface area contributed by atoms with Crippen molar-refractivity contribution < 1.29 is 0 Å². The highest BCUT2D eigenvalue weighted by molar-refractivity contribution is 7.22. The van der Waals surface area contributed by atoms with Gasteiger partial charge in [-0.05, 0) is 36.5 Å². The number of hydrogen-bond donors (Lipinski definition) is 1. The summed E-state index contributed by atoms with van der Waals surface area (Å²) in [5, 5.41) is 5.20. The van der Waals surface area contributed by atoms with E-state index >= 15 is 0 Å². The Morgan fingerprint density at radius 3 is 3.06 bits per heavy atom. The standard InChI is InChI=1S/C12H13ClN2S/c1-12(4-5-12)7-14-11-15-9-3-2-8(13)6-10(9)16-11/h2-3,6H,4-5,7H2,1H3,(H,14,15). The predicted octanol–water partition coefficient (Wildman–Crippen LogP) is 4.16. The Bertz CT molecular complexity index is 531. The second kappa shape index (κ2) is 3.60. The molecule has 1 fully saturated rings. The van der Waals surface area contributed by atoms with Crippen LogP contribution in [0.15, 0.2) is 18.2 Å². The molecule has 0 unspecified atom stereocenters. The van der Waals surface area contributed by atoms with E-state index in [4.69, 9.17) is 11.6 Å². The molecule has 84 valence electrons. The third-order valence-electron chi connectivity index (χ3n) is 3.12. The van der Waals surface area contributed by atoms with Crippen molar-refractivity contribution >= 4 is 38.3 Å². The van der Waals surface area contributed by atoms with Gasteiger partial charge in [-0.2, -0.15) is 0 Å². The first-order chi connectivity index (χ1) is 7.65. The summed E-state index contributed by atoms with van der Waals surface area (Å²) < 4.78 is 1.15. The molecule has 1 aliphatic carbocycles. The van der Waals surface area contributed by atoms with Crippen molar-refractivity contribution in [3.05, 3.63) is 23.2 Å². The first kappa shape index (κ1) is 10.4. The van der Waals surface area contributed by atoms with Gasteiger partial charge in [0.2, 0.25) is 0 Å². The molecule has 0 radical (unpaired) electrons. The minimum absolute atomic E-state index is 0.509. The number of anilines is 1. The number of aromatic nitrogens is 1. The molecular weight excluding hydrogens is 240 g/mol. The molecule has 1 aliphatic rings. The van der Waals surface area contributed by atoms with Crippen LogP contribution in [0.25, 0.3) is 10.2 Å². The van der Waals surface area contributed by atoms with Crippen molar-refractivity contribution in [1.29, 1.82) is 0 Å². The smallest absolute Gasteiger partial charge is 0.183 e. The lowest BCUT2D eigenvalue weighted by molar-refractivity contribution is 0.610. The lowest BCUT2D eigenvalue weighted by Crippen LogP contribution is -2.11. The van der Waals surface area contributed by atoms with Crippen molar-refractivity contribution in [2.45, 2.75) is 19.8 Å². The molecule has 0 saturated heterocycles. The van der Waals surface area contributed by atoms with Crippen LogP contribution in [0.5, 0.6) is 0 Å². The average molecular weight is 253 g/mol. The van der Waals surface area contributed by atoms with Gasteiger partial charge in [-0.3, -0.25) is 0 Å². The number of hydrogen-bond acceptors (Lipinski definition) is 3. The molecule has 0 bridgehead atoms. The number of halogens is 1. The third-order valence-corrected chi connectivity index (χ3v) is 4.33. The van der Waals surface area contributed by atoms with Crippen LogP contribution in [-0.2, 0) is 0 Å². The molecule has 16 heavy (non-hydrogen) atoms. The van der Waals surface area contributed by atoms with Crippen molar-refractivity contribution in [3.63, 3.8) is 0 Å². The Morgan fingerprint density at radius 1 is 1.50 bits per heavy atom. The van der Waals surface area contributed by atoms with Gasteiger partial charge >= 0.3 is 0 Å². The first-order valence-electron chi connectivity index (χ1n) is 5.45. The van der Waals surface area contributed by atoms with Gasteiger partial charge in [-0.25, -0.2) is 4.98 Å². The van der Waals surface area contributed by atoms with Crippen molar-refractivity contribution in [2.24, 2.45) is 5.41 Å². The van der Waals surface area contributed by atoms with Crippen LogP contribution < -0.4 is 5.32 Å².